The van der Waals surface area contributed by atoms with E-state index in [0.717, 1.165) is 36.0 Å². The van der Waals surface area contributed by atoms with Crippen LogP contribution >= 0.6 is 0 Å². The van der Waals surface area contributed by atoms with Gasteiger partial charge < -0.3 is 11.1 Å². The molecule has 1 aromatic rings. The fourth-order valence-corrected chi connectivity index (χ4v) is 3.41. The summed E-state index contributed by atoms with van der Waals surface area (Å²) in [5.41, 5.74) is 8.64. The standard InChI is InChI=1S/C17H26N2O/c1-12-7-6-8-13(2)15(12)16(20)19-17(11-18)10-5-4-9-14(17)3/h6-8,14H,4-5,9-11,18H2,1-3H3,(H,19,20). The zero-order valence-corrected chi connectivity index (χ0v) is 12.8. The number of carbonyl (C=O) groups excluding carboxylic acids is 1. The summed E-state index contributed by atoms with van der Waals surface area (Å²) in [5, 5.41) is 3.27. The van der Waals surface area contributed by atoms with Crippen LogP contribution < -0.4 is 11.1 Å². The molecule has 0 aromatic heterocycles. The molecule has 1 fully saturated rings. The van der Waals surface area contributed by atoms with Gasteiger partial charge in [0, 0.05) is 12.1 Å². The van der Waals surface area contributed by atoms with Gasteiger partial charge in [-0.1, -0.05) is 38.0 Å². The molecule has 0 saturated heterocycles. The van der Waals surface area contributed by atoms with Gasteiger partial charge in [0.2, 0.25) is 0 Å². The van der Waals surface area contributed by atoms with E-state index in [2.05, 4.69) is 12.2 Å². The minimum Gasteiger partial charge on any atom is -0.345 e. The highest BCUT2D eigenvalue weighted by Crippen LogP contribution is 2.33. The van der Waals surface area contributed by atoms with Crippen LogP contribution in [0.4, 0.5) is 0 Å². The molecule has 1 amide bonds. The summed E-state index contributed by atoms with van der Waals surface area (Å²) >= 11 is 0. The van der Waals surface area contributed by atoms with Crippen molar-refractivity contribution in [2.45, 2.75) is 52.0 Å². The zero-order valence-electron chi connectivity index (χ0n) is 12.8. The van der Waals surface area contributed by atoms with Crippen LogP contribution in [-0.2, 0) is 0 Å². The molecule has 0 aliphatic heterocycles. The van der Waals surface area contributed by atoms with Crippen LogP contribution in [0.5, 0.6) is 0 Å². The molecule has 1 aliphatic rings. The molecule has 3 N–H and O–H groups in total. The van der Waals surface area contributed by atoms with E-state index in [0.29, 0.717) is 12.5 Å². The highest BCUT2D eigenvalue weighted by atomic mass is 16.1. The van der Waals surface area contributed by atoms with Crippen LogP contribution in [0.15, 0.2) is 18.2 Å². The SMILES string of the molecule is Cc1cccc(C)c1C(=O)NC1(CN)CCCCC1C. The molecule has 0 heterocycles. The molecule has 0 bridgehead atoms. The predicted molar refractivity (Wildman–Crippen MR) is 82.8 cm³/mol. The Hall–Kier alpha value is -1.35. The Morgan fingerprint density at radius 2 is 2.00 bits per heavy atom. The average molecular weight is 274 g/mol. The van der Waals surface area contributed by atoms with E-state index in [1.54, 1.807) is 0 Å². The molecule has 1 aliphatic carbocycles. The molecular weight excluding hydrogens is 248 g/mol. The number of carbonyl (C=O) groups is 1. The van der Waals surface area contributed by atoms with Gasteiger partial charge in [-0.05, 0) is 43.7 Å². The number of nitrogens with one attached hydrogen (secondary N) is 1. The topological polar surface area (TPSA) is 55.1 Å². The number of amides is 1. The molecule has 0 spiro atoms. The van der Waals surface area contributed by atoms with Crippen molar-refractivity contribution in [3.05, 3.63) is 34.9 Å². The Labute approximate surface area is 121 Å². The van der Waals surface area contributed by atoms with Crippen molar-refractivity contribution in [1.29, 1.82) is 0 Å². The molecule has 3 nitrogen and oxygen atoms in total. The van der Waals surface area contributed by atoms with Crippen molar-refractivity contribution in [3.8, 4) is 0 Å². The number of aryl methyl sites for hydroxylation is 2. The van der Waals surface area contributed by atoms with Gasteiger partial charge in [-0.15, -0.1) is 0 Å². The Kier molecular flexibility index (Phi) is 4.48. The summed E-state index contributed by atoms with van der Waals surface area (Å²) < 4.78 is 0. The van der Waals surface area contributed by atoms with E-state index in [-0.39, 0.29) is 11.4 Å². The number of rotatable bonds is 3. The summed E-state index contributed by atoms with van der Waals surface area (Å²) in [6, 6.07) is 5.96. The summed E-state index contributed by atoms with van der Waals surface area (Å²) in [7, 11) is 0. The van der Waals surface area contributed by atoms with Crippen LogP contribution in [0.1, 0.15) is 54.1 Å². The van der Waals surface area contributed by atoms with Crippen molar-refractivity contribution in [3.63, 3.8) is 0 Å². The number of hydrogen-bond donors (Lipinski definition) is 2. The molecule has 2 atom stereocenters. The minimum atomic E-state index is -0.232. The summed E-state index contributed by atoms with van der Waals surface area (Å²) in [4.78, 5) is 12.7. The van der Waals surface area contributed by atoms with Crippen molar-refractivity contribution in [2.24, 2.45) is 11.7 Å². The maximum atomic E-state index is 12.7. The number of nitrogens with two attached hydrogens (primary N) is 1. The second kappa shape index (κ2) is 5.96. The van der Waals surface area contributed by atoms with Gasteiger partial charge in [0.15, 0.2) is 0 Å². The van der Waals surface area contributed by atoms with Crippen LogP contribution in [0.3, 0.4) is 0 Å². The highest BCUT2D eigenvalue weighted by molar-refractivity contribution is 5.97. The second-order valence-corrected chi connectivity index (χ2v) is 6.23. The van der Waals surface area contributed by atoms with Crippen LogP contribution in [-0.4, -0.2) is 18.0 Å². The summed E-state index contributed by atoms with van der Waals surface area (Å²) in [5.74, 6) is 0.467. The maximum absolute atomic E-state index is 12.7. The molecule has 3 heteroatoms. The van der Waals surface area contributed by atoms with Crippen LogP contribution in [0.2, 0.25) is 0 Å². The maximum Gasteiger partial charge on any atom is 0.252 e. The van der Waals surface area contributed by atoms with Crippen LogP contribution in [0, 0.1) is 19.8 Å². The molecule has 2 rings (SSSR count). The van der Waals surface area contributed by atoms with Gasteiger partial charge in [-0.3, -0.25) is 4.79 Å². The fraction of sp³-hybridized carbons (Fsp3) is 0.588. The Morgan fingerprint density at radius 3 is 2.55 bits per heavy atom. The zero-order chi connectivity index (χ0) is 14.8. The summed E-state index contributed by atoms with van der Waals surface area (Å²) in [6.07, 6.45) is 4.52. The fourth-order valence-electron chi connectivity index (χ4n) is 3.41. The molecule has 110 valence electrons. The monoisotopic (exact) mass is 274 g/mol. The van der Waals surface area contributed by atoms with Crippen molar-refractivity contribution >= 4 is 5.91 Å². The first-order chi connectivity index (χ1) is 9.50. The average Bonchev–Trinajstić information content (AvgIpc) is 2.41. The highest BCUT2D eigenvalue weighted by Gasteiger charge is 2.38. The van der Waals surface area contributed by atoms with Crippen LogP contribution in [0.25, 0.3) is 0 Å². The van der Waals surface area contributed by atoms with Crippen molar-refractivity contribution in [2.75, 3.05) is 6.54 Å². The van der Waals surface area contributed by atoms with E-state index in [9.17, 15) is 4.79 Å². The van der Waals surface area contributed by atoms with Gasteiger partial charge in [-0.25, -0.2) is 0 Å². The third-order valence-electron chi connectivity index (χ3n) is 4.89. The second-order valence-electron chi connectivity index (χ2n) is 6.23. The van der Waals surface area contributed by atoms with Gasteiger partial charge in [0.1, 0.15) is 0 Å². The van der Waals surface area contributed by atoms with Gasteiger partial charge >= 0.3 is 0 Å². The lowest BCUT2D eigenvalue weighted by Gasteiger charge is -2.42. The van der Waals surface area contributed by atoms with Crippen molar-refractivity contribution in [1.82, 2.24) is 5.32 Å². The quantitative estimate of drug-likeness (QED) is 0.890. The molecule has 1 saturated carbocycles. The van der Waals surface area contributed by atoms with Gasteiger partial charge in [0.25, 0.3) is 5.91 Å². The minimum absolute atomic E-state index is 0.0276. The van der Waals surface area contributed by atoms with Gasteiger partial charge in [-0.2, -0.15) is 0 Å². The van der Waals surface area contributed by atoms with E-state index >= 15 is 0 Å². The Morgan fingerprint density at radius 1 is 1.35 bits per heavy atom. The number of hydrogen-bond acceptors (Lipinski definition) is 2. The normalized spacial score (nSPS) is 26.3. The predicted octanol–water partition coefficient (Wildman–Crippen LogP) is 2.94. The Bertz CT molecular complexity index is 478. The molecule has 1 aromatic carbocycles. The lowest BCUT2D eigenvalue weighted by atomic mass is 9.73. The number of benzene rings is 1. The molecular formula is C17H26N2O. The third kappa shape index (κ3) is 2.73. The third-order valence-corrected chi connectivity index (χ3v) is 4.89. The lowest BCUT2D eigenvalue weighted by molar-refractivity contribution is 0.0811. The first-order valence-electron chi connectivity index (χ1n) is 7.59. The lowest BCUT2D eigenvalue weighted by Crippen LogP contribution is -2.59. The smallest absolute Gasteiger partial charge is 0.252 e. The Balaban J connectivity index is 2.25. The van der Waals surface area contributed by atoms with Gasteiger partial charge in [0.05, 0.1) is 5.54 Å². The first-order valence-corrected chi connectivity index (χ1v) is 7.59. The molecule has 20 heavy (non-hydrogen) atoms. The van der Waals surface area contributed by atoms with E-state index in [1.165, 1.54) is 6.42 Å². The first kappa shape index (κ1) is 15.0. The molecule has 0 radical (unpaired) electrons. The summed E-state index contributed by atoms with van der Waals surface area (Å²) in [6.45, 7) is 6.70. The van der Waals surface area contributed by atoms with E-state index in [1.807, 2.05) is 32.0 Å². The van der Waals surface area contributed by atoms with E-state index < -0.39 is 0 Å². The molecule has 2 unspecified atom stereocenters. The van der Waals surface area contributed by atoms with E-state index in [4.69, 9.17) is 5.73 Å². The van der Waals surface area contributed by atoms with Crippen molar-refractivity contribution < 1.29 is 4.79 Å². The largest absolute Gasteiger partial charge is 0.345 e.